The van der Waals surface area contributed by atoms with Gasteiger partial charge in [-0.2, -0.15) is 0 Å². The number of carbonyl (C=O) groups excluding carboxylic acids is 2. The molecule has 27 heavy (non-hydrogen) atoms. The number of Topliss-reactive ketones (excluding diaryl/α,β-unsaturated/α-hetero) is 1. The maximum Gasteiger partial charge on any atom is 0.275 e. The van der Waals surface area contributed by atoms with Crippen LogP contribution >= 0.6 is 11.6 Å². The minimum absolute atomic E-state index is 0.0454. The van der Waals surface area contributed by atoms with Crippen LogP contribution in [0.15, 0.2) is 54.6 Å². The zero-order valence-corrected chi connectivity index (χ0v) is 16.5. The predicted molar refractivity (Wildman–Crippen MR) is 106 cm³/mol. The summed E-state index contributed by atoms with van der Waals surface area (Å²) in [5.41, 5.74) is 1.02. The summed E-state index contributed by atoms with van der Waals surface area (Å²) in [6, 6.07) is 16.3. The van der Waals surface area contributed by atoms with Crippen LogP contribution in [0.3, 0.4) is 0 Å². The van der Waals surface area contributed by atoms with Crippen molar-refractivity contribution in [2.24, 2.45) is 0 Å². The molecule has 0 saturated carbocycles. The summed E-state index contributed by atoms with van der Waals surface area (Å²) in [4.78, 5) is 25.2. The maximum absolute atomic E-state index is 12.3. The van der Waals surface area contributed by atoms with Crippen molar-refractivity contribution in [1.29, 1.82) is 0 Å². The van der Waals surface area contributed by atoms with E-state index in [-0.39, 0.29) is 18.2 Å². The molecule has 2 aromatic rings. The third kappa shape index (κ3) is 7.81. The molecular weight excluding hydrogens is 364 g/mol. The minimum atomic E-state index is -0.502. The molecule has 1 amide bonds. The second kappa shape index (κ2) is 10.7. The Morgan fingerprint density at radius 2 is 1.78 bits per heavy atom. The van der Waals surface area contributed by atoms with Crippen LogP contribution in [0, 0.1) is 0 Å². The van der Waals surface area contributed by atoms with Crippen LogP contribution in [0.5, 0.6) is 5.75 Å². The van der Waals surface area contributed by atoms with E-state index in [1.807, 2.05) is 49.5 Å². The van der Waals surface area contributed by atoms with Crippen molar-refractivity contribution in [3.05, 3.63) is 65.2 Å². The Labute approximate surface area is 165 Å². The van der Waals surface area contributed by atoms with Gasteiger partial charge in [0, 0.05) is 5.02 Å². The van der Waals surface area contributed by atoms with E-state index < -0.39 is 6.04 Å². The first-order chi connectivity index (χ1) is 12.9. The number of benzene rings is 2. The third-order valence-electron chi connectivity index (χ3n) is 4.18. The Hall–Kier alpha value is -2.37. The van der Waals surface area contributed by atoms with Crippen LogP contribution in [-0.4, -0.2) is 44.5 Å². The number of likely N-dealkylation sites (N-methyl/N-ethyl adjacent to an activating group) is 1. The van der Waals surface area contributed by atoms with Crippen molar-refractivity contribution in [2.45, 2.75) is 19.4 Å². The molecule has 6 heteroatoms. The Bertz CT molecular complexity index is 735. The average molecular weight is 390 g/mol. The monoisotopic (exact) mass is 389 g/mol. The second-order valence-electron chi connectivity index (χ2n) is 6.61. The van der Waals surface area contributed by atoms with E-state index >= 15 is 0 Å². The van der Waals surface area contributed by atoms with Crippen molar-refractivity contribution >= 4 is 23.3 Å². The highest BCUT2D eigenvalue weighted by Gasteiger charge is 2.19. The number of quaternary nitrogens is 1. The first-order valence-corrected chi connectivity index (χ1v) is 9.35. The Kier molecular flexibility index (Phi) is 8.30. The lowest BCUT2D eigenvalue weighted by molar-refractivity contribution is -0.871. The first kappa shape index (κ1) is 20.9. The molecule has 0 saturated heterocycles. The normalized spacial score (nSPS) is 12.9. The molecule has 0 fully saturated rings. The summed E-state index contributed by atoms with van der Waals surface area (Å²) in [6.45, 7) is 2.94. The highest BCUT2D eigenvalue weighted by molar-refractivity contribution is 6.30. The van der Waals surface area contributed by atoms with Crippen molar-refractivity contribution in [1.82, 2.24) is 5.32 Å². The van der Waals surface area contributed by atoms with Crippen LogP contribution in [-0.2, 0) is 16.0 Å². The van der Waals surface area contributed by atoms with Crippen molar-refractivity contribution < 1.29 is 19.2 Å². The van der Waals surface area contributed by atoms with Gasteiger partial charge >= 0.3 is 0 Å². The van der Waals surface area contributed by atoms with E-state index in [4.69, 9.17) is 16.3 Å². The molecule has 0 aliphatic rings. The SMILES string of the molecule is CC(=O)[C@H](Cc1ccccc1)NC(=O)C[NH+](C)CCOc1ccc(Cl)cc1. The summed E-state index contributed by atoms with van der Waals surface area (Å²) < 4.78 is 5.65. The fourth-order valence-corrected chi connectivity index (χ4v) is 2.75. The molecule has 1 unspecified atom stereocenters. The lowest BCUT2D eigenvalue weighted by Crippen LogP contribution is -3.10. The fourth-order valence-electron chi connectivity index (χ4n) is 2.63. The largest absolute Gasteiger partial charge is 0.488 e. The molecule has 2 atom stereocenters. The van der Waals surface area contributed by atoms with Gasteiger partial charge in [-0.3, -0.25) is 9.59 Å². The van der Waals surface area contributed by atoms with E-state index in [2.05, 4.69) is 5.32 Å². The molecule has 0 radical (unpaired) electrons. The topological polar surface area (TPSA) is 59.8 Å². The zero-order valence-electron chi connectivity index (χ0n) is 15.7. The number of halogens is 1. The van der Waals surface area contributed by atoms with Gasteiger partial charge in [0.1, 0.15) is 18.9 Å². The molecule has 2 N–H and O–H groups in total. The Morgan fingerprint density at radius 1 is 1.11 bits per heavy atom. The van der Waals surface area contributed by atoms with E-state index in [1.165, 1.54) is 6.92 Å². The van der Waals surface area contributed by atoms with Crippen molar-refractivity contribution in [2.75, 3.05) is 26.7 Å². The summed E-state index contributed by atoms with van der Waals surface area (Å²) in [5, 5.41) is 3.51. The van der Waals surface area contributed by atoms with E-state index in [0.29, 0.717) is 24.6 Å². The van der Waals surface area contributed by atoms with Gasteiger partial charge in [-0.05, 0) is 43.2 Å². The molecule has 0 aromatic heterocycles. The van der Waals surface area contributed by atoms with Crippen LogP contribution in [0.1, 0.15) is 12.5 Å². The number of hydrogen-bond donors (Lipinski definition) is 2. The first-order valence-electron chi connectivity index (χ1n) is 8.97. The van der Waals surface area contributed by atoms with Crippen LogP contribution < -0.4 is 15.0 Å². The van der Waals surface area contributed by atoms with Gasteiger partial charge in [-0.1, -0.05) is 41.9 Å². The lowest BCUT2D eigenvalue weighted by atomic mass is 10.0. The summed E-state index contributed by atoms with van der Waals surface area (Å²) in [5.74, 6) is 0.558. The number of rotatable bonds is 10. The molecule has 0 heterocycles. The molecule has 0 aliphatic carbocycles. The molecule has 2 rings (SSSR count). The maximum atomic E-state index is 12.3. The molecule has 0 spiro atoms. The van der Waals surface area contributed by atoms with E-state index in [1.54, 1.807) is 12.1 Å². The zero-order chi connectivity index (χ0) is 19.6. The van der Waals surface area contributed by atoms with Crippen LogP contribution in [0.25, 0.3) is 0 Å². The van der Waals surface area contributed by atoms with E-state index in [0.717, 1.165) is 16.2 Å². The van der Waals surface area contributed by atoms with Gasteiger partial charge in [0.2, 0.25) is 0 Å². The Morgan fingerprint density at radius 3 is 2.41 bits per heavy atom. The van der Waals surface area contributed by atoms with Gasteiger partial charge in [-0.15, -0.1) is 0 Å². The molecule has 2 aromatic carbocycles. The van der Waals surface area contributed by atoms with Crippen LogP contribution in [0.4, 0.5) is 0 Å². The average Bonchev–Trinajstić information content (AvgIpc) is 2.63. The van der Waals surface area contributed by atoms with Gasteiger partial charge in [0.25, 0.3) is 5.91 Å². The molecular formula is C21H26ClN2O3+. The summed E-state index contributed by atoms with van der Waals surface area (Å²) in [6.07, 6.45) is 0.501. The number of carbonyl (C=O) groups is 2. The van der Waals surface area contributed by atoms with Gasteiger partial charge in [0.15, 0.2) is 12.3 Å². The third-order valence-corrected chi connectivity index (χ3v) is 4.43. The molecule has 0 aliphatic heterocycles. The standard InChI is InChI=1S/C21H25ClN2O3/c1-16(25)20(14-17-6-4-3-5-7-17)23-21(26)15-24(2)12-13-27-19-10-8-18(22)9-11-19/h3-11,20H,12-15H2,1-2H3,(H,23,26)/p+1/t20-/m0/s1. The van der Waals surface area contributed by atoms with Crippen molar-refractivity contribution in [3.8, 4) is 5.75 Å². The summed E-state index contributed by atoms with van der Waals surface area (Å²) in [7, 11) is 1.92. The number of ether oxygens (including phenoxy) is 1. The van der Waals surface area contributed by atoms with Gasteiger partial charge in [0.05, 0.1) is 13.1 Å². The van der Waals surface area contributed by atoms with E-state index in [9.17, 15) is 9.59 Å². The predicted octanol–water partition coefficient (Wildman–Crippen LogP) is 1.55. The van der Waals surface area contributed by atoms with Gasteiger partial charge < -0.3 is 15.0 Å². The van der Waals surface area contributed by atoms with Crippen LogP contribution in [0.2, 0.25) is 5.02 Å². The summed E-state index contributed by atoms with van der Waals surface area (Å²) >= 11 is 5.84. The second-order valence-corrected chi connectivity index (χ2v) is 7.04. The Balaban J connectivity index is 1.75. The number of amides is 1. The highest BCUT2D eigenvalue weighted by Crippen LogP contribution is 2.14. The fraction of sp³-hybridized carbons (Fsp3) is 0.333. The molecule has 5 nitrogen and oxygen atoms in total. The quantitative estimate of drug-likeness (QED) is 0.648. The molecule has 0 bridgehead atoms. The number of ketones is 1. The number of hydrogen-bond acceptors (Lipinski definition) is 3. The lowest BCUT2D eigenvalue weighted by Gasteiger charge is -2.18. The smallest absolute Gasteiger partial charge is 0.275 e. The van der Waals surface area contributed by atoms with Crippen molar-refractivity contribution in [3.63, 3.8) is 0 Å². The molecule has 144 valence electrons. The highest BCUT2D eigenvalue weighted by atomic mass is 35.5. The van der Waals surface area contributed by atoms with Gasteiger partial charge in [-0.25, -0.2) is 0 Å². The minimum Gasteiger partial charge on any atom is -0.488 e. The number of nitrogens with one attached hydrogen (secondary N) is 2.